The zero-order valence-corrected chi connectivity index (χ0v) is 13.8. The molecule has 0 saturated carbocycles. The molecule has 126 valence electrons. The molecule has 1 aliphatic heterocycles. The third-order valence-electron chi connectivity index (χ3n) is 4.15. The van der Waals surface area contributed by atoms with Crippen LogP contribution in [0.3, 0.4) is 0 Å². The second-order valence-corrected chi connectivity index (χ2v) is 6.26. The van der Waals surface area contributed by atoms with Crippen molar-refractivity contribution < 1.29 is 13.7 Å². The van der Waals surface area contributed by atoms with Crippen LogP contribution >= 0.6 is 11.6 Å². The minimum atomic E-state index is -0.528. The smallest absolute Gasteiger partial charge is 0.257 e. The number of aromatic nitrogens is 2. The molecule has 0 N–H and O–H groups in total. The first-order valence-corrected chi connectivity index (χ1v) is 8.14. The fraction of sp³-hybridized carbons (Fsp3) is 0.167. The molecule has 1 unspecified atom stereocenters. The minimum absolute atomic E-state index is 0.183. The van der Waals surface area contributed by atoms with Crippen LogP contribution in [0.4, 0.5) is 10.1 Å². The maximum atomic E-state index is 14.1. The molecule has 0 radical (unpaired) electrons. The number of anilines is 1. The van der Waals surface area contributed by atoms with E-state index in [0.29, 0.717) is 18.3 Å². The van der Waals surface area contributed by atoms with Gasteiger partial charge >= 0.3 is 0 Å². The first-order valence-electron chi connectivity index (χ1n) is 7.76. The van der Waals surface area contributed by atoms with E-state index in [2.05, 4.69) is 10.1 Å². The molecule has 3 aromatic rings. The molecule has 7 heteroatoms. The summed E-state index contributed by atoms with van der Waals surface area (Å²) in [4.78, 5) is 18.1. The van der Waals surface area contributed by atoms with Gasteiger partial charge in [0, 0.05) is 29.5 Å². The lowest BCUT2D eigenvalue weighted by molar-refractivity contribution is -0.117. The topological polar surface area (TPSA) is 59.2 Å². The van der Waals surface area contributed by atoms with E-state index in [0.717, 1.165) is 5.56 Å². The highest BCUT2D eigenvalue weighted by Crippen LogP contribution is 2.33. The van der Waals surface area contributed by atoms with Gasteiger partial charge in [-0.2, -0.15) is 4.98 Å². The van der Waals surface area contributed by atoms with E-state index < -0.39 is 5.82 Å². The van der Waals surface area contributed by atoms with E-state index in [9.17, 15) is 9.18 Å². The lowest BCUT2D eigenvalue weighted by Crippen LogP contribution is -2.25. The van der Waals surface area contributed by atoms with E-state index in [1.54, 1.807) is 6.07 Å². The van der Waals surface area contributed by atoms with Crippen molar-refractivity contribution in [2.24, 2.45) is 0 Å². The van der Waals surface area contributed by atoms with Gasteiger partial charge in [-0.3, -0.25) is 4.79 Å². The van der Waals surface area contributed by atoms with Crippen LogP contribution in [0.5, 0.6) is 0 Å². The van der Waals surface area contributed by atoms with Crippen molar-refractivity contribution in [1.82, 2.24) is 10.1 Å². The van der Waals surface area contributed by atoms with Gasteiger partial charge < -0.3 is 9.42 Å². The molecule has 0 bridgehead atoms. The van der Waals surface area contributed by atoms with E-state index in [1.165, 1.54) is 17.0 Å². The number of hydrogen-bond donors (Lipinski definition) is 0. The Balaban J connectivity index is 1.57. The normalized spacial score (nSPS) is 17.3. The zero-order valence-electron chi connectivity index (χ0n) is 13.0. The predicted octanol–water partition coefficient (Wildman–Crippen LogP) is 4.05. The van der Waals surface area contributed by atoms with Crippen LogP contribution in [0.15, 0.2) is 53.1 Å². The Morgan fingerprint density at radius 3 is 2.76 bits per heavy atom. The Morgan fingerprint density at radius 1 is 1.20 bits per heavy atom. The van der Waals surface area contributed by atoms with Crippen LogP contribution < -0.4 is 4.90 Å². The van der Waals surface area contributed by atoms with Crippen LogP contribution in [-0.4, -0.2) is 22.6 Å². The first-order chi connectivity index (χ1) is 12.1. The number of hydrogen-bond acceptors (Lipinski definition) is 4. The molecular formula is C18H13ClFN3O2. The average Bonchev–Trinajstić information content (AvgIpc) is 3.23. The Morgan fingerprint density at radius 2 is 2.00 bits per heavy atom. The lowest BCUT2D eigenvalue weighted by atomic mass is 10.1. The summed E-state index contributed by atoms with van der Waals surface area (Å²) in [7, 11) is 0. The predicted molar refractivity (Wildman–Crippen MR) is 90.9 cm³/mol. The number of benzene rings is 2. The molecule has 0 aliphatic carbocycles. The standard InChI is InChI=1S/C18H13ClFN3O2/c19-13-6-7-15(14(20)9-13)23-10-12(8-16(23)24)17-21-18(25-22-17)11-4-2-1-3-5-11/h1-7,9,12H,8,10H2. The quantitative estimate of drug-likeness (QED) is 0.709. The molecular weight excluding hydrogens is 345 g/mol. The Kier molecular flexibility index (Phi) is 3.97. The molecule has 0 spiro atoms. The van der Waals surface area contributed by atoms with Crippen LogP contribution in [0.2, 0.25) is 5.02 Å². The SMILES string of the molecule is O=C1CC(c2noc(-c3ccccc3)n2)CN1c1ccc(Cl)cc1F. The van der Waals surface area contributed by atoms with Crippen LogP contribution in [0.1, 0.15) is 18.2 Å². The highest BCUT2D eigenvalue weighted by molar-refractivity contribution is 6.30. The van der Waals surface area contributed by atoms with Crippen molar-refractivity contribution in [1.29, 1.82) is 0 Å². The number of halogens is 2. The van der Waals surface area contributed by atoms with Crippen molar-refractivity contribution in [2.75, 3.05) is 11.4 Å². The molecule has 2 aromatic carbocycles. The summed E-state index contributed by atoms with van der Waals surface area (Å²) in [5.74, 6) is -0.107. The molecule has 5 nitrogen and oxygen atoms in total. The van der Waals surface area contributed by atoms with Crippen LogP contribution in [0, 0.1) is 5.82 Å². The van der Waals surface area contributed by atoms with Gasteiger partial charge in [0.05, 0.1) is 5.69 Å². The summed E-state index contributed by atoms with van der Waals surface area (Å²) in [6.07, 6.45) is 0.204. The van der Waals surface area contributed by atoms with Gasteiger partial charge in [-0.15, -0.1) is 0 Å². The first kappa shape index (κ1) is 15.8. The van der Waals surface area contributed by atoms with Gasteiger partial charge in [-0.1, -0.05) is 35.0 Å². The number of carbonyl (C=O) groups is 1. The number of nitrogens with zero attached hydrogens (tertiary/aromatic N) is 3. The second kappa shape index (κ2) is 6.29. The molecule has 1 aliphatic rings. The Labute approximate surface area is 148 Å². The van der Waals surface area contributed by atoms with E-state index in [1.807, 2.05) is 30.3 Å². The summed E-state index contributed by atoms with van der Waals surface area (Å²) >= 11 is 5.77. The number of amides is 1. The van der Waals surface area contributed by atoms with Crippen LogP contribution in [-0.2, 0) is 4.79 Å². The Bertz CT molecular complexity index is 929. The molecule has 1 atom stereocenters. The monoisotopic (exact) mass is 357 g/mol. The fourth-order valence-electron chi connectivity index (χ4n) is 2.91. The minimum Gasteiger partial charge on any atom is -0.334 e. The molecule has 1 saturated heterocycles. The van der Waals surface area contributed by atoms with Crippen molar-refractivity contribution in [3.63, 3.8) is 0 Å². The molecule has 1 amide bonds. The van der Waals surface area contributed by atoms with Gasteiger partial charge in [0.25, 0.3) is 5.89 Å². The van der Waals surface area contributed by atoms with E-state index in [4.69, 9.17) is 16.1 Å². The van der Waals surface area contributed by atoms with Crippen LogP contribution in [0.25, 0.3) is 11.5 Å². The third kappa shape index (κ3) is 3.00. The molecule has 1 aromatic heterocycles. The van der Waals surface area contributed by atoms with Gasteiger partial charge in [0.15, 0.2) is 5.82 Å². The maximum absolute atomic E-state index is 14.1. The number of carbonyl (C=O) groups excluding carboxylic acids is 1. The van der Waals surface area contributed by atoms with Gasteiger partial charge in [-0.25, -0.2) is 4.39 Å². The largest absolute Gasteiger partial charge is 0.334 e. The van der Waals surface area contributed by atoms with Crippen molar-refractivity contribution in [3.05, 3.63) is 65.2 Å². The maximum Gasteiger partial charge on any atom is 0.257 e. The van der Waals surface area contributed by atoms with Crippen molar-refractivity contribution in [3.8, 4) is 11.5 Å². The summed E-state index contributed by atoms with van der Waals surface area (Å²) in [5, 5.41) is 4.28. The van der Waals surface area contributed by atoms with E-state index >= 15 is 0 Å². The zero-order chi connectivity index (χ0) is 17.4. The lowest BCUT2D eigenvalue weighted by Gasteiger charge is -2.17. The molecule has 4 rings (SSSR count). The van der Waals surface area contributed by atoms with Gasteiger partial charge in [0.1, 0.15) is 5.82 Å². The van der Waals surface area contributed by atoms with Gasteiger partial charge in [0.2, 0.25) is 5.91 Å². The molecule has 25 heavy (non-hydrogen) atoms. The Hall–Kier alpha value is -2.73. The highest BCUT2D eigenvalue weighted by atomic mass is 35.5. The number of rotatable bonds is 3. The average molecular weight is 358 g/mol. The second-order valence-electron chi connectivity index (χ2n) is 5.82. The summed E-state index contributed by atoms with van der Waals surface area (Å²) < 4.78 is 19.4. The van der Waals surface area contributed by atoms with Crippen molar-refractivity contribution in [2.45, 2.75) is 12.3 Å². The van der Waals surface area contributed by atoms with E-state index in [-0.39, 0.29) is 29.0 Å². The fourth-order valence-corrected chi connectivity index (χ4v) is 3.07. The molecule has 1 fully saturated rings. The summed E-state index contributed by atoms with van der Waals surface area (Å²) in [6.45, 7) is 0.297. The third-order valence-corrected chi connectivity index (χ3v) is 4.39. The highest BCUT2D eigenvalue weighted by Gasteiger charge is 2.35. The summed E-state index contributed by atoms with van der Waals surface area (Å²) in [5.41, 5.74) is 1.02. The van der Waals surface area contributed by atoms with Gasteiger partial charge in [-0.05, 0) is 30.3 Å². The molecule has 2 heterocycles. The van der Waals surface area contributed by atoms with Crippen molar-refractivity contribution >= 4 is 23.2 Å². The summed E-state index contributed by atoms with van der Waals surface area (Å²) in [6, 6.07) is 13.6.